The summed E-state index contributed by atoms with van der Waals surface area (Å²) in [5, 5.41) is 0.458. The fraction of sp³-hybridized carbons (Fsp3) is 0.375. The van der Waals surface area contributed by atoms with E-state index in [1.54, 1.807) is 21.1 Å². The maximum atomic E-state index is 13.0. The number of hydrogen-bond donors (Lipinski definition) is 0. The standard InChI is InChI=1S/C24H28N2O6S/c1-6-8-20(27)32-14-26-23-21(22(28)25(7-2)24(26)29)15(3)19(33-23)12-10-16-9-11-17(30-4)18(13-16)31-5/h9-13H,6-8,14H2,1-5H3/b12-10+. The molecule has 0 spiro atoms. The van der Waals surface area contributed by atoms with Crippen molar-refractivity contribution in [2.24, 2.45) is 0 Å². The van der Waals surface area contributed by atoms with Gasteiger partial charge in [-0.2, -0.15) is 0 Å². The molecule has 2 heterocycles. The van der Waals surface area contributed by atoms with Crippen LogP contribution < -0.4 is 20.7 Å². The van der Waals surface area contributed by atoms with Gasteiger partial charge in [-0.3, -0.25) is 14.2 Å². The highest BCUT2D eigenvalue weighted by Gasteiger charge is 2.19. The van der Waals surface area contributed by atoms with E-state index < -0.39 is 5.69 Å². The molecule has 3 rings (SSSR count). The van der Waals surface area contributed by atoms with Gasteiger partial charge in [0.1, 0.15) is 4.83 Å². The highest BCUT2D eigenvalue weighted by molar-refractivity contribution is 7.19. The smallest absolute Gasteiger partial charge is 0.334 e. The van der Waals surface area contributed by atoms with Crippen LogP contribution in [0, 0.1) is 6.92 Å². The van der Waals surface area contributed by atoms with Gasteiger partial charge < -0.3 is 14.2 Å². The Bertz CT molecular complexity index is 1320. The summed E-state index contributed by atoms with van der Waals surface area (Å²) in [5.41, 5.74) is 0.832. The normalized spacial score (nSPS) is 11.3. The zero-order valence-electron chi connectivity index (χ0n) is 19.5. The molecule has 0 unspecified atom stereocenters. The summed E-state index contributed by atoms with van der Waals surface area (Å²) in [6, 6.07) is 5.57. The lowest BCUT2D eigenvalue weighted by Crippen LogP contribution is -2.40. The van der Waals surface area contributed by atoms with Gasteiger partial charge in [0, 0.05) is 17.8 Å². The fourth-order valence-corrected chi connectivity index (χ4v) is 4.69. The summed E-state index contributed by atoms with van der Waals surface area (Å²) in [5.74, 6) is 0.865. The number of thiophene rings is 1. The van der Waals surface area contributed by atoms with Gasteiger partial charge in [0.2, 0.25) is 0 Å². The Morgan fingerprint density at radius 3 is 2.42 bits per heavy atom. The summed E-state index contributed by atoms with van der Waals surface area (Å²) in [6.07, 6.45) is 4.73. The lowest BCUT2D eigenvalue weighted by Gasteiger charge is -2.11. The van der Waals surface area contributed by atoms with Crippen LogP contribution >= 0.6 is 11.3 Å². The molecule has 2 aromatic heterocycles. The minimum atomic E-state index is -0.490. The number of carbonyl (C=O) groups is 1. The summed E-state index contributed by atoms with van der Waals surface area (Å²) in [6.45, 7) is 5.46. The minimum Gasteiger partial charge on any atom is -0.493 e. The number of carbonyl (C=O) groups excluding carboxylic acids is 1. The highest BCUT2D eigenvalue weighted by atomic mass is 32.1. The van der Waals surface area contributed by atoms with Crippen molar-refractivity contribution in [1.29, 1.82) is 0 Å². The number of benzene rings is 1. The molecule has 0 radical (unpaired) electrons. The Morgan fingerprint density at radius 1 is 1.06 bits per heavy atom. The third-order valence-corrected chi connectivity index (χ3v) is 6.57. The van der Waals surface area contributed by atoms with Gasteiger partial charge in [0.05, 0.1) is 19.6 Å². The van der Waals surface area contributed by atoms with Crippen molar-refractivity contribution in [2.75, 3.05) is 14.2 Å². The number of ether oxygens (including phenoxy) is 3. The van der Waals surface area contributed by atoms with E-state index in [0.717, 1.165) is 20.6 Å². The van der Waals surface area contributed by atoms with Crippen molar-refractivity contribution in [3.8, 4) is 11.5 Å². The Hall–Kier alpha value is -3.33. The summed E-state index contributed by atoms with van der Waals surface area (Å²) in [4.78, 5) is 39.2. The first kappa shape index (κ1) is 24.3. The van der Waals surface area contributed by atoms with E-state index in [4.69, 9.17) is 14.2 Å². The number of aryl methyl sites for hydroxylation is 1. The number of esters is 1. The lowest BCUT2D eigenvalue weighted by molar-refractivity contribution is -0.147. The highest BCUT2D eigenvalue weighted by Crippen LogP contribution is 2.31. The second kappa shape index (κ2) is 10.5. The van der Waals surface area contributed by atoms with E-state index in [9.17, 15) is 14.4 Å². The van der Waals surface area contributed by atoms with Crippen molar-refractivity contribution in [3.05, 3.63) is 55.0 Å². The molecule has 176 valence electrons. The van der Waals surface area contributed by atoms with Crippen molar-refractivity contribution >= 4 is 39.7 Å². The molecule has 0 saturated heterocycles. The van der Waals surface area contributed by atoms with Gasteiger partial charge in [-0.05, 0) is 49.6 Å². The van der Waals surface area contributed by atoms with Gasteiger partial charge in [0.25, 0.3) is 5.56 Å². The molecule has 0 atom stereocenters. The Balaban J connectivity index is 2.09. The molecule has 0 aliphatic rings. The number of aromatic nitrogens is 2. The molecule has 0 saturated carbocycles. The molecule has 3 aromatic rings. The third kappa shape index (κ3) is 4.88. The molecule has 33 heavy (non-hydrogen) atoms. The van der Waals surface area contributed by atoms with Crippen LogP contribution in [0.3, 0.4) is 0 Å². The van der Waals surface area contributed by atoms with E-state index in [1.165, 1.54) is 15.9 Å². The second-order valence-corrected chi connectivity index (χ2v) is 8.41. The predicted octanol–water partition coefficient (Wildman–Crippen LogP) is 4.04. The van der Waals surface area contributed by atoms with E-state index >= 15 is 0 Å². The van der Waals surface area contributed by atoms with Crippen LogP contribution in [0.25, 0.3) is 22.4 Å². The first-order valence-corrected chi connectivity index (χ1v) is 11.5. The first-order chi connectivity index (χ1) is 15.9. The number of methoxy groups -OCH3 is 2. The number of hydrogen-bond acceptors (Lipinski definition) is 7. The van der Waals surface area contributed by atoms with Gasteiger partial charge in [0.15, 0.2) is 18.2 Å². The zero-order chi connectivity index (χ0) is 24.1. The number of fused-ring (bicyclic) bond motifs is 1. The maximum absolute atomic E-state index is 13.0. The molecule has 0 fully saturated rings. The summed E-state index contributed by atoms with van der Waals surface area (Å²) >= 11 is 1.32. The lowest BCUT2D eigenvalue weighted by atomic mass is 10.1. The van der Waals surface area contributed by atoms with Gasteiger partial charge in [-0.15, -0.1) is 11.3 Å². The van der Waals surface area contributed by atoms with Crippen molar-refractivity contribution in [1.82, 2.24) is 9.13 Å². The van der Waals surface area contributed by atoms with Crippen LogP contribution in [-0.2, 0) is 22.8 Å². The maximum Gasteiger partial charge on any atom is 0.334 e. The van der Waals surface area contributed by atoms with Crippen LogP contribution in [-0.4, -0.2) is 29.3 Å². The average Bonchev–Trinajstić information content (AvgIpc) is 3.13. The van der Waals surface area contributed by atoms with E-state index in [2.05, 4.69) is 0 Å². The van der Waals surface area contributed by atoms with Crippen molar-refractivity contribution in [2.45, 2.75) is 46.9 Å². The number of nitrogens with zero attached hydrogens (tertiary/aromatic N) is 2. The quantitative estimate of drug-likeness (QED) is 0.437. The van der Waals surface area contributed by atoms with Gasteiger partial charge in [-0.25, -0.2) is 9.36 Å². The summed E-state index contributed by atoms with van der Waals surface area (Å²) < 4.78 is 18.4. The Kier molecular flexibility index (Phi) is 7.75. The largest absolute Gasteiger partial charge is 0.493 e. The molecular formula is C24H28N2O6S. The van der Waals surface area contributed by atoms with E-state index in [1.807, 2.05) is 44.2 Å². The van der Waals surface area contributed by atoms with Crippen molar-refractivity contribution < 1.29 is 19.0 Å². The van der Waals surface area contributed by atoms with Crippen LogP contribution in [0.4, 0.5) is 0 Å². The second-order valence-electron chi connectivity index (χ2n) is 7.37. The molecule has 0 aliphatic heterocycles. The Morgan fingerprint density at radius 2 is 1.79 bits per heavy atom. The molecule has 8 nitrogen and oxygen atoms in total. The first-order valence-electron chi connectivity index (χ1n) is 10.7. The molecule has 1 aromatic carbocycles. The summed E-state index contributed by atoms with van der Waals surface area (Å²) in [7, 11) is 3.16. The van der Waals surface area contributed by atoms with Gasteiger partial charge in [-0.1, -0.05) is 19.1 Å². The van der Waals surface area contributed by atoms with Crippen LogP contribution in [0.5, 0.6) is 11.5 Å². The van der Waals surface area contributed by atoms with Crippen LogP contribution in [0.1, 0.15) is 42.7 Å². The minimum absolute atomic E-state index is 0.225. The number of rotatable bonds is 9. The Labute approximate surface area is 195 Å². The van der Waals surface area contributed by atoms with Gasteiger partial charge >= 0.3 is 11.7 Å². The topological polar surface area (TPSA) is 88.8 Å². The third-order valence-electron chi connectivity index (χ3n) is 5.29. The van der Waals surface area contributed by atoms with Crippen LogP contribution in [0.15, 0.2) is 27.8 Å². The molecule has 0 N–H and O–H groups in total. The SMILES string of the molecule is CCCC(=O)OCn1c(=O)n(CC)c(=O)c2c(C)c(/C=C/c3ccc(OC)c(OC)c3)sc21. The monoisotopic (exact) mass is 472 g/mol. The molecule has 0 aliphatic carbocycles. The van der Waals surface area contributed by atoms with E-state index in [0.29, 0.717) is 28.1 Å². The average molecular weight is 473 g/mol. The molecule has 0 amide bonds. The molecular weight excluding hydrogens is 444 g/mol. The van der Waals surface area contributed by atoms with Crippen molar-refractivity contribution in [3.63, 3.8) is 0 Å². The molecule has 9 heteroatoms. The van der Waals surface area contributed by atoms with Crippen LogP contribution in [0.2, 0.25) is 0 Å². The molecule has 0 bridgehead atoms. The predicted molar refractivity (Wildman–Crippen MR) is 130 cm³/mol. The fourth-order valence-electron chi connectivity index (χ4n) is 3.50. The zero-order valence-corrected chi connectivity index (χ0v) is 20.3. The van der Waals surface area contributed by atoms with E-state index in [-0.39, 0.29) is 31.2 Å².